The summed E-state index contributed by atoms with van der Waals surface area (Å²) in [5, 5.41) is 8.91. The van der Waals surface area contributed by atoms with Gasteiger partial charge in [-0.05, 0) is 77.0 Å². The first-order valence-electron chi connectivity index (χ1n) is 24.3. The van der Waals surface area contributed by atoms with E-state index in [4.69, 9.17) is 24.8 Å². The van der Waals surface area contributed by atoms with E-state index in [1.165, 1.54) is 96.3 Å². The SMILES string of the molecule is CC/C=C\C/C=C\C/C=C\C/C=C\CCCCCCC(=O)O[C@H](COC(=O)CCCCCCCCCCCCC/C=C\CCCCCCCC)COP(=O)(O)OC[C@H](N)C(=O)O. The molecule has 0 bridgehead atoms. The van der Waals surface area contributed by atoms with E-state index >= 15 is 0 Å². The van der Waals surface area contributed by atoms with Crippen molar-refractivity contribution in [2.45, 2.75) is 219 Å². The van der Waals surface area contributed by atoms with Crippen molar-refractivity contribution < 1.29 is 47.5 Å². The highest BCUT2D eigenvalue weighted by molar-refractivity contribution is 7.47. The van der Waals surface area contributed by atoms with Gasteiger partial charge < -0.3 is 25.2 Å². The molecular weight excluding hydrogens is 806 g/mol. The molecule has 0 radical (unpaired) electrons. The number of nitrogens with two attached hydrogens (primary N) is 1. The fourth-order valence-corrected chi connectivity index (χ4v) is 7.24. The fraction of sp³-hybridized carbons (Fsp3) is 0.740. The van der Waals surface area contributed by atoms with E-state index in [1.807, 2.05) is 0 Å². The van der Waals surface area contributed by atoms with Crippen molar-refractivity contribution in [2.75, 3.05) is 19.8 Å². The number of carboxylic acids is 1. The number of phosphoric ester groups is 1. The topological polar surface area (TPSA) is 172 Å². The lowest BCUT2D eigenvalue weighted by Crippen LogP contribution is -2.34. The van der Waals surface area contributed by atoms with E-state index in [1.54, 1.807) is 0 Å². The van der Waals surface area contributed by atoms with Gasteiger partial charge >= 0.3 is 25.7 Å². The minimum absolute atomic E-state index is 0.131. The van der Waals surface area contributed by atoms with Crippen LogP contribution < -0.4 is 5.73 Å². The summed E-state index contributed by atoms with van der Waals surface area (Å²) < 4.78 is 32.8. The third kappa shape index (κ3) is 43.8. The Balaban J connectivity index is 4.30. The lowest BCUT2D eigenvalue weighted by Gasteiger charge is -2.20. The zero-order valence-electron chi connectivity index (χ0n) is 38.9. The number of hydrogen-bond acceptors (Lipinski definition) is 9. The molecule has 0 aliphatic carbocycles. The molecule has 0 fully saturated rings. The average molecular weight is 894 g/mol. The Morgan fingerprint density at radius 3 is 1.37 bits per heavy atom. The number of ether oxygens (including phenoxy) is 2. The minimum atomic E-state index is -4.73. The summed E-state index contributed by atoms with van der Waals surface area (Å²) in [4.78, 5) is 46.1. The highest BCUT2D eigenvalue weighted by Crippen LogP contribution is 2.43. The van der Waals surface area contributed by atoms with Gasteiger partial charge in [0.15, 0.2) is 6.10 Å². The number of carbonyl (C=O) groups is 3. The predicted octanol–water partition coefficient (Wildman–Crippen LogP) is 13.5. The molecule has 1 unspecified atom stereocenters. The largest absolute Gasteiger partial charge is 0.480 e. The zero-order chi connectivity index (χ0) is 45.6. The summed E-state index contributed by atoms with van der Waals surface area (Å²) >= 11 is 0. The van der Waals surface area contributed by atoms with Gasteiger partial charge in [-0.1, -0.05) is 177 Å². The molecular formula is C50H88NO10P. The van der Waals surface area contributed by atoms with Gasteiger partial charge in [0.2, 0.25) is 0 Å². The highest BCUT2D eigenvalue weighted by atomic mass is 31.2. The normalized spacial score (nSPS) is 14.1. The molecule has 0 amide bonds. The van der Waals surface area contributed by atoms with Crippen LogP contribution in [0.15, 0.2) is 60.8 Å². The first-order chi connectivity index (χ1) is 30.1. The molecule has 0 aliphatic rings. The number of hydrogen-bond donors (Lipinski definition) is 3. The van der Waals surface area contributed by atoms with Crippen molar-refractivity contribution >= 4 is 25.7 Å². The number of carbonyl (C=O) groups excluding carboxylic acids is 2. The van der Waals surface area contributed by atoms with Gasteiger partial charge in [0, 0.05) is 12.8 Å². The maximum Gasteiger partial charge on any atom is 0.472 e. The van der Waals surface area contributed by atoms with Crippen LogP contribution in [0.3, 0.4) is 0 Å². The lowest BCUT2D eigenvalue weighted by molar-refractivity contribution is -0.161. The second kappa shape index (κ2) is 44.8. The molecule has 0 aromatic carbocycles. The molecule has 358 valence electrons. The molecule has 3 atom stereocenters. The molecule has 11 nitrogen and oxygen atoms in total. The molecule has 0 aromatic rings. The maximum absolute atomic E-state index is 12.7. The zero-order valence-corrected chi connectivity index (χ0v) is 39.8. The van der Waals surface area contributed by atoms with Crippen molar-refractivity contribution in [1.82, 2.24) is 0 Å². The summed E-state index contributed by atoms with van der Waals surface area (Å²) in [6, 6.07) is -1.53. The van der Waals surface area contributed by atoms with Crippen molar-refractivity contribution in [2.24, 2.45) is 5.73 Å². The molecule has 0 spiro atoms. The average Bonchev–Trinajstić information content (AvgIpc) is 3.25. The number of carboxylic acid groups (broad SMARTS) is 1. The summed E-state index contributed by atoms with van der Waals surface area (Å²) in [5.74, 6) is -2.41. The van der Waals surface area contributed by atoms with Gasteiger partial charge in [-0.3, -0.25) is 23.4 Å². The number of phosphoric acid groups is 1. The Labute approximate surface area is 377 Å². The first-order valence-corrected chi connectivity index (χ1v) is 25.8. The van der Waals surface area contributed by atoms with Crippen LogP contribution in [0.1, 0.15) is 206 Å². The molecule has 0 saturated heterocycles. The summed E-state index contributed by atoms with van der Waals surface area (Å²) in [5.41, 5.74) is 5.34. The lowest BCUT2D eigenvalue weighted by atomic mass is 10.0. The molecule has 62 heavy (non-hydrogen) atoms. The first kappa shape index (κ1) is 59.2. The second-order valence-corrected chi connectivity index (χ2v) is 17.7. The minimum Gasteiger partial charge on any atom is -0.480 e. The van der Waals surface area contributed by atoms with Gasteiger partial charge in [-0.25, -0.2) is 4.57 Å². The number of allylic oxidation sites excluding steroid dienone is 10. The molecule has 0 aliphatic heterocycles. The van der Waals surface area contributed by atoms with Gasteiger partial charge in [-0.2, -0.15) is 0 Å². The van der Waals surface area contributed by atoms with Crippen LogP contribution in [-0.4, -0.2) is 59.9 Å². The molecule has 12 heteroatoms. The maximum atomic E-state index is 12.7. The standard InChI is InChI=1S/C50H88NO10P/c1-3-5-7-9-11-13-15-17-19-21-22-23-24-26-27-29-31-33-35-37-39-41-48(52)58-43-46(44-59-62(56,57)60-45-47(51)50(54)55)61-49(53)42-40-38-36-34-32-30-28-25-20-18-16-14-12-10-8-6-4-2/h6,8,12,14,17-20,28,30,46-47H,3-5,7,9-11,13,15-16,21-27,29,31-45,51H2,1-2H3,(H,54,55)(H,56,57)/b8-6-,14-12-,19-17-,20-18-,30-28-/t46-,47+/m1/s1. The number of aliphatic carboxylic acids is 1. The third-order valence-electron chi connectivity index (χ3n) is 10.2. The molecule has 0 aromatic heterocycles. The van der Waals surface area contributed by atoms with E-state index in [2.05, 4.69) is 79.1 Å². The van der Waals surface area contributed by atoms with Crippen LogP contribution in [0.25, 0.3) is 0 Å². The van der Waals surface area contributed by atoms with Crippen molar-refractivity contribution in [3.8, 4) is 0 Å². The van der Waals surface area contributed by atoms with Gasteiger partial charge in [0.25, 0.3) is 0 Å². The van der Waals surface area contributed by atoms with Gasteiger partial charge in [0.05, 0.1) is 13.2 Å². The smallest absolute Gasteiger partial charge is 0.472 e. The Kier molecular flexibility index (Phi) is 42.7. The Hall–Kier alpha value is -2.82. The molecule has 0 heterocycles. The number of unbranched alkanes of at least 4 members (excludes halogenated alkanes) is 21. The summed E-state index contributed by atoms with van der Waals surface area (Å²) in [7, 11) is -4.73. The van der Waals surface area contributed by atoms with Crippen LogP contribution in [0.5, 0.6) is 0 Å². The summed E-state index contributed by atoms with van der Waals surface area (Å²) in [6.07, 6.45) is 52.8. The second-order valence-electron chi connectivity index (χ2n) is 16.2. The monoisotopic (exact) mass is 894 g/mol. The summed E-state index contributed by atoms with van der Waals surface area (Å²) in [6.45, 7) is 2.68. The van der Waals surface area contributed by atoms with Gasteiger partial charge in [-0.15, -0.1) is 0 Å². The quantitative estimate of drug-likeness (QED) is 0.0230. The van der Waals surface area contributed by atoms with Crippen molar-refractivity contribution in [3.05, 3.63) is 60.8 Å². The van der Waals surface area contributed by atoms with Crippen LogP contribution in [0, 0.1) is 0 Å². The van der Waals surface area contributed by atoms with Crippen molar-refractivity contribution in [3.63, 3.8) is 0 Å². The highest BCUT2D eigenvalue weighted by Gasteiger charge is 2.28. The van der Waals surface area contributed by atoms with E-state index in [0.717, 1.165) is 70.6 Å². The number of rotatable bonds is 45. The van der Waals surface area contributed by atoms with Crippen LogP contribution in [0.2, 0.25) is 0 Å². The predicted molar refractivity (Wildman–Crippen MR) is 254 cm³/mol. The van der Waals surface area contributed by atoms with Crippen LogP contribution in [0.4, 0.5) is 0 Å². The third-order valence-corrected chi connectivity index (χ3v) is 11.2. The Morgan fingerprint density at radius 2 is 0.903 bits per heavy atom. The Morgan fingerprint density at radius 1 is 0.516 bits per heavy atom. The van der Waals surface area contributed by atoms with E-state index in [9.17, 15) is 23.8 Å². The molecule has 0 rings (SSSR count). The fourth-order valence-electron chi connectivity index (χ4n) is 6.46. The van der Waals surface area contributed by atoms with E-state index in [0.29, 0.717) is 12.8 Å². The van der Waals surface area contributed by atoms with Crippen molar-refractivity contribution in [1.29, 1.82) is 0 Å². The van der Waals surface area contributed by atoms with E-state index < -0.39 is 51.1 Å². The van der Waals surface area contributed by atoms with E-state index in [-0.39, 0.29) is 19.4 Å². The van der Waals surface area contributed by atoms with Gasteiger partial charge in [0.1, 0.15) is 12.6 Å². The van der Waals surface area contributed by atoms with Crippen LogP contribution in [-0.2, 0) is 37.5 Å². The van der Waals surface area contributed by atoms with Crippen LogP contribution >= 0.6 is 7.82 Å². The number of esters is 2. The Bertz CT molecular complexity index is 1280. The molecule has 0 saturated carbocycles. The molecule has 4 N–H and O–H groups in total.